The largest absolute Gasteiger partial charge is 0.425 e. The Labute approximate surface area is 224 Å². The summed E-state index contributed by atoms with van der Waals surface area (Å²) in [4.78, 5) is 17.1. The Morgan fingerprint density at radius 3 is 2.16 bits per heavy atom. The Kier molecular flexibility index (Phi) is 11.6. The van der Waals surface area contributed by atoms with Gasteiger partial charge in [-0.2, -0.15) is 5.26 Å². The van der Waals surface area contributed by atoms with Gasteiger partial charge in [0.25, 0.3) is 0 Å². The molecule has 4 heteroatoms. The summed E-state index contributed by atoms with van der Waals surface area (Å²) in [6.07, 6.45) is 20.4. The average Bonchev–Trinajstić information content (AvgIpc) is 2.95. The molecule has 1 heterocycles. The second-order valence-electron chi connectivity index (χ2n) is 11.2. The predicted octanol–water partition coefficient (Wildman–Crippen LogP) is 9.40. The van der Waals surface area contributed by atoms with Gasteiger partial charge in [-0.15, -0.1) is 0 Å². The van der Waals surface area contributed by atoms with Crippen molar-refractivity contribution in [3.63, 3.8) is 0 Å². The first-order chi connectivity index (χ1) is 18.0. The Morgan fingerprint density at radius 1 is 0.946 bits per heavy atom. The number of carbonyl (C=O) groups excluding carboxylic acids is 1. The number of benzene rings is 1. The molecule has 1 unspecified atom stereocenters. The minimum absolute atomic E-state index is 0.414. The van der Waals surface area contributed by atoms with E-state index in [1.807, 2.05) is 25.3 Å². The fraction of sp³-hybridized carbons (Fsp3) is 0.606. The Balaban J connectivity index is 1.41. The number of hydrogen-bond donors (Lipinski definition) is 0. The molecule has 0 aliphatic heterocycles. The number of carbonyl (C=O) groups is 1. The van der Waals surface area contributed by atoms with Gasteiger partial charge >= 0.3 is 5.97 Å². The van der Waals surface area contributed by atoms with E-state index in [1.54, 1.807) is 19.1 Å². The molecular weight excluding hydrogens is 456 g/mol. The molecule has 0 spiro atoms. The molecule has 1 saturated carbocycles. The van der Waals surface area contributed by atoms with Crippen LogP contribution < -0.4 is 4.74 Å². The lowest BCUT2D eigenvalue weighted by Gasteiger charge is -2.28. The highest BCUT2D eigenvalue weighted by atomic mass is 16.5. The number of aromatic nitrogens is 1. The van der Waals surface area contributed by atoms with Gasteiger partial charge in [-0.05, 0) is 86.8 Å². The number of rotatable bonds is 14. The van der Waals surface area contributed by atoms with E-state index in [2.05, 4.69) is 25.1 Å². The molecule has 37 heavy (non-hydrogen) atoms. The highest BCUT2D eigenvalue weighted by Gasteiger charge is 2.33. The van der Waals surface area contributed by atoms with Crippen molar-refractivity contribution < 1.29 is 9.53 Å². The number of pyridine rings is 1. The molecule has 0 radical (unpaired) electrons. The minimum Gasteiger partial charge on any atom is -0.425 e. The molecule has 0 N–H and O–H groups in total. The van der Waals surface area contributed by atoms with E-state index in [4.69, 9.17) is 9.72 Å². The van der Waals surface area contributed by atoms with Gasteiger partial charge in [-0.3, -0.25) is 4.98 Å². The summed E-state index contributed by atoms with van der Waals surface area (Å²) in [5.41, 5.74) is 2.14. The lowest BCUT2D eigenvalue weighted by molar-refractivity contribution is -0.141. The van der Waals surface area contributed by atoms with Crippen LogP contribution >= 0.6 is 0 Å². The van der Waals surface area contributed by atoms with Gasteiger partial charge in [0.1, 0.15) is 5.75 Å². The summed E-state index contributed by atoms with van der Waals surface area (Å²) in [5.74, 6) is 1.48. The molecular formula is C33H46N2O2. The Hall–Kier alpha value is -2.67. The molecule has 0 saturated heterocycles. The number of esters is 1. The number of unbranched alkanes of at least 4 members (excludes halogenated alkanes) is 7. The first-order valence-electron chi connectivity index (χ1n) is 14.7. The number of ether oxygens (including phenoxy) is 1. The highest BCUT2D eigenvalue weighted by Crippen LogP contribution is 2.38. The van der Waals surface area contributed by atoms with Crippen LogP contribution in [0.25, 0.3) is 11.3 Å². The first kappa shape index (κ1) is 28.9. The van der Waals surface area contributed by atoms with Gasteiger partial charge in [-0.1, -0.05) is 77.7 Å². The third kappa shape index (κ3) is 8.70. The zero-order valence-electron chi connectivity index (χ0n) is 23.3. The smallest absolute Gasteiger partial charge is 0.331 e. The number of nitriles is 1. The molecule has 4 nitrogen and oxygen atoms in total. The quantitative estimate of drug-likeness (QED) is 0.147. The molecule has 2 aromatic rings. The van der Waals surface area contributed by atoms with Crippen molar-refractivity contribution in [3.05, 3.63) is 48.2 Å². The summed E-state index contributed by atoms with van der Waals surface area (Å²) >= 11 is 0. The standard InChI is InChI=1S/C33H46N2O2/c1-4-6-7-8-9-10-11-12-13-26-14-16-27(17-15-26)29-20-23-31(35-24-29)28-18-21-30(22-19-28)37-32(36)33(3,5-2)25-34/h18-24,26-27H,4-17H2,1-3H3. The molecule has 1 aromatic heterocycles. The van der Waals surface area contributed by atoms with Gasteiger partial charge in [-0.25, -0.2) is 4.79 Å². The van der Waals surface area contributed by atoms with E-state index in [0.717, 1.165) is 17.2 Å². The van der Waals surface area contributed by atoms with Crippen molar-refractivity contribution in [1.82, 2.24) is 4.98 Å². The van der Waals surface area contributed by atoms with Crippen LogP contribution in [-0.2, 0) is 4.79 Å². The van der Waals surface area contributed by atoms with Crippen molar-refractivity contribution in [3.8, 4) is 23.1 Å². The maximum absolute atomic E-state index is 12.3. The van der Waals surface area contributed by atoms with E-state index in [-0.39, 0.29) is 0 Å². The fourth-order valence-corrected chi connectivity index (χ4v) is 5.35. The van der Waals surface area contributed by atoms with Crippen LogP contribution in [0.15, 0.2) is 42.6 Å². The van der Waals surface area contributed by atoms with E-state index >= 15 is 0 Å². The minimum atomic E-state index is -1.12. The van der Waals surface area contributed by atoms with E-state index in [0.29, 0.717) is 18.1 Å². The van der Waals surface area contributed by atoms with Crippen LogP contribution in [0.2, 0.25) is 0 Å². The summed E-state index contributed by atoms with van der Waals surface area (Å²) in [5, 5.41) is 9.28. The van der Waals surface area contributed by atoms with Crippen molar-refractivity contribution in [2.24, 2.45) is 11.3 Å². The Morgan fingerprint density at radius 2 is 1.59 bits per heavy atom. The van der Waals surface area contributed by atoms with E-state index < -0.39 is 11.4 Å². The monoisotopic (exact) mass is 502 g/mol. The zero-order chi connectivity index (χ0) is 26.5. The van der Waals surface area contributed by atoms with Crippen LogP contribution in [0.3, 0.4) is 0 Å². The molecule has 1 aromatic carbocycles. The Bertz CT molecular complexity index is 984. The summed E-state index contributed by atoms with van der Waals surface area (Å²) < 4.78 is 5.43. The van der Waals surface area contributed by atoms with Crippen LogP contribution in [0.5, 0.6) is 5.75 Å². The molecule has 200 valence electrons. The average molecular weight is 503 g/mol. The van der Waals surface area contributed by atoms with E-state index in [9.17, 15) is 10.1 Å². The lowest BCUT2D eigenvalue weighted by atomic mass is 9.77. The third-order valence-corrected chi connectivity index (χ3v) is 8.34. The van der Waals surface area contributed by atoms with Gasteiger partial charge in [0.2, 0.25) is 0 Å². The maximum Gasteiger partial charge on any atom is 0.331 e. The molecule has 1 aliphatic rings. The van der Waals surface area contributed by atoms with Crippen molar-refractivity contribution >= 4 is 5.97 Å². The van der Waals surface area contributed by atoms with E-state index in [1.165, 1.54) is 89.0 Å². The van der Waals surface area contributed by atoms with Gasteiger partial charge in [0, 0.05) is 11.8 Å². The van der Waals surface area contributed by atoms with Crippen molar-refractivity contribution in [2.45, 2.75) is 117 Å². The van der Waals surface area contributed by atoms with Crippen molar-refractivity contribution in [2.75, 3.05) is 0 Å². The second kappa shape index (κ2) is 14.9. The number of hydrogen-bond acceptors (Lipinski definition) is 4. The molecule has 1 aliphatic carbocycles. The zero-order valence-corrected chi connectivity index (χ0v) is 23.3. The summed E-state index contributed by atoms with van der Waals surface area (Å²) in [6.45, 7) is 5.70. The van der Waals surface area contributed by atoms with Gasteiger partial charge in [0.05, 0.1) is 11.8 Å². The molecule has 3 rings (SSSR count). The fourth-order valence-electron chi connectivity index (χ4n) is 5.35. The third-order valence-electron chi connectivity index (χ3n) is 8.34. The molecule has 0 bridgehead atoms. The van der Waals surface area contributed by atoms with Crippen LogP contribution in [0.4, 0.5) is 0 Å². The molecule has 1 fully saturated rings. The van der Waals surface area contributed by atoms with Gasteiger partial charge in [0.15, 0.2) is 5.41 Å². The summed E-state index contributed by atoms with van der Waals surface area (Å²) in [6, 6.07) is 13.8. The van der Waals surface area contributed by atoms with Gasteiger partial charge < -0.3 is 4.74 Å². The predicted molar refractivity (Wildman–Crippen MR) is 151 cm³/mol. The topological polar surface area (TPSA) is 63.0 Å². The normalized spacial score (nSPS) is 19.1. The highest BCUT2D eigenvalue weighted by molar-refractivity contribution is 5.81. The van der Waals surface area contributed by atoms with Crippen LogP contribution in [-0.4, -0.2) is 11.0 Å². The first-order valence-corrected chi connectivity index (χ1v) is 14.7. The summed E-state index contributed by atoms with van der Waals surface area (Å²) in [7, 11) is 0. The molecule has 0 amide bonds. The molecule has 1 atom stereocenters. The SMILES string of the molecule is CCCCCCCCCCC1CCC(c2ccc(-c3ccc(OC(=O)C(C)(C#N)CC)cc3)nc2)CC1. The second-order valence-corrected chi connectivity index (χ2v) is 11.2. The van der Waals surface area contributed by atoms with Crippen molar-refractivity contribution in [1.29, 1.82) is 5.26 Å². The van der Waals surface area contributed by atoms with Crippen LogP contribution in [0, 0.1) is 22.7 Å². The maximum atomic E-state index is 12.3. The lowest BCUT2D eigenvalue weighted by Crippen LogP contribution is -2.29. The van der Waals surface area contributed by atoms with Crippen LogP contribution in [0.1, 0.15) is 122 Å². The number of nitrogens with zero attached hydrogens (tertiary/aromatic N) is 2.